The zero-order valence-corrected chi connectivity index (χ0v) is 19.6. The Morgan fingerprint density at radius 2 is 1.88 bits per heavy atom. The fourth-order valence-electron chi connectivity index (χ4n) is 3.87. The molecule has 0 saturated carbocycles. The van der Waals surface area contributed by atoms with E-state index in [1.54, 1.807) is 6.07 Å². The number of nitrogens with one attached hydrogen (secondary N) is 1. The first-order valence-electron chi connectivity index (χ1n) is 10.7. The molecule has 1 amide bonds. The molecule has 1 aromatic heterocycles. The van der Waals surface area contributed by atoms with Crippen molar-refractivity contribution in [3.8, 4) is 0 Å². The third-order valence-electron chi connectivity index (χ3n) is 5.42. The van der Waals surface area contributed by atoms with Gasteiger partial charge < -0.3 is 14.8 Å². The molecule has 3 N–H and O–H groups in total. The molecule has 1 aliphatic heterocycles. The lowest BCUT2D eigenvalue weighted by molar-refractivity contribution is -0.113. The van der Waals surface area contributed by atoms with Crippen LogP contribution in [0.2, 0.25) is 0 Å². The van der Waals surface area contributed by atoms with Crippen molar-refractivity contribution in [1.29, 1.82) is 0 Å². The molecule has 2 heterocycles. The molecule has 170 valence electrons. The molecule has 2 aromatic carbocycles. The first kappa shape index (κ1) is 22.6. The van der Waals surface area contributed by atoms with Gasteiger partial charge in [0.15, 0.2) is 5.16 Å². The number of sulfonamides is 1. The van der Waals surface area contributed by atoms with Crippen molar-refractivity contribution in [3.05, 3.63) is 42.5 Å². The Morgan fingerprint density at radius 1 is 1.16 bits per heavy atom. The highest BCUT2D eigenvalue weighted by Gasteiger charge is 2.16. The van der Waals surface area contributed by atoms with Gasteiger partial charge in [0.2, 0.25) is 15.9 Å². The van der Waals surface area contributed by atoms with Crippen LogP contribution < -0.4 is 15.4 Å². The van der Waals surface area contributed by atoms with Crippen molar-refractivity contribution >= 4 is 50.1 Å². The molecular weight excluding hydrogens is 446 g/mol. The van der Waals surface area contributed by atoms with E-state index in [2.05, 4.69) is 22.1 Å². The number of thioether (sulfide) groups is 1. The number of rotatable bonds is 8. The molecule has 0 unspecified atom stereocenters. The SMILES string of the molecule is CCCn1c(SCC(=O)Nc2ccc(N3CCCC3)cc2)nc2cc(S(N)(=O)=O)ccc21. The fourth-order valence-corrected chi connectivity index (χ4v) is 5.25. The number of hydrogen-bond acceptors (Lipinski definition) is 6. The summed E-state index contributed by atoms with van der Waals surface area (Å²) in [5.74, 6) is 0.0763. The molecule has 3 aromatic rings. The Bertz CT molecular complexity index is 1220. The number of imidazole rings is 1. The molecule has 4 rings (SSSR count). The normalized spacial score (nSPS) is 14.2. The van der Waals surface area contributed by atoms with Crippen molar-refractivity contribution in [1.82, 2.24) is 9.55 Å². The Labute approximate surface area is 192 Å². The second-order valence-electron chi connectivity index (χ2n) is 7.82. The van der Waals surface area contributed by atoms with Gasteiger partial charge in [-0.05, 0) is 61.7 Å². The lowest BCUT2D eigenvalue weighted by Gasteiger charge is -2.17. The highest BCUT2D eigenvalue weighted by molar-refractivity contribution is 7.99. The van der Waals surface area contributed by atoms with Crippen LogP contribution in [0, 0.1) is 0 Å². The standard InChI is InChI=1S/C22H27N5O3S2/c1-2-11-27-20-10-9-18(32(23,29)30)14-19(20)25-22(27)31-15-21(28)24-16-5-7-17(8-6-16)26-12-3-4-13-26/h5-10,14H,2-4,11-13,15H2,1H3,(H,24,28)(H2,23,29,30). The highest BCUT2D eigenvalue weighted by Crippen LogP contribution is 2.27. The number of carbonyl (C=O) groups is 1. The molecule has 0 atom stereocenters. The summed E-state index contributed by atoms with van der Waals surface area (Å²) >= 11 is 1.33. The number of nitrogens with two attached hydrogens (primary N) is 1. The van der Waals surface area contributed by atoms with Crippen LogP contribution in [0.25, 0.3) is 11.0 Å². The number of hydrogen-bond donors (Lipinski definition) is 2. The van der Waals surface area contributed by atoms with Gasteiger partial charge in [0.1, 0.15) is 0 Å². The molecule has 0 radical (unpaired) electrons. The zero-order valence-electron chi connectivity index (χ0n) is 18.0. The summed E-state index contributed by atoms with van der Waals surface area (Å²) in [6, 6.07) is 12.6. The zero-order chi connectivity index (χ0) is 22.7. The average molecular weight is 474 g/mol. The molecule has 1 saturated heterocycles. The summed E-state index contributed by atoms with van der Waals surface area (Å²) in [6.45, 7) is 4.93. The van der Waals surface area contributed by atoms with Gasteiger partial charge in [0.05, 0.1) is 21.7 Å². The van der Waals surface area contributed by atoms with Gasteiger partial charge in [-0.3, -0.25) is 4.79 Å². The number of primary sulfonamides is 1. The minimum Gasteiger partial charge on any atom is -0.372 e. The minimum atomic E-state index is -3.80. The van der Waals surface area contributed by atoms with Crippen molar-refractivity contribution < 1.29 is 13.2 Å². The quantitative estimate of drug-likeness (QED) is 0.485. The molecule has 0 spiro atoms. The summed E-state index contributed by atoms with van der Waals surface area (Å²) in [5.41, 5.74) is 3.31. The maximum Gasteiger partial charge on any atom is 0.238 e. The van der Waals surface area contributed by atoms with Crippen molar-refractivity contribution in [2.45, 2.75) is 42.8 Å². The number of anilines is 2. The van der Waals surface area contributed by atoms with Gasteiger partial charge in [0.25, 0.3) is 0 Å². The van der Waals surface area contributed by atoms with E-state index in [0.29, 0.717) is 17.2 Å². The number of aryl methyl sites for hydroxylation is 1. The molecule has 1 aliphatic rings. The molecule has 1 fully saturated rings. The molecule has 32 heavy (non-hydrogen) atoms. The summed E-state index contributed by atoms with van der Waals surface area (Å²) in [4.78, 5) is 19.5. The van der Waals surface area contributed by atoms with E-state index >= 15 is 0 Å². The fraction of sp³-hybridized carbons (Fsp3) is 0.364. The smallest absolute Gasteiger partial charge is 0.238 e. The number of nitrogens with zero attached hydrogens (tertiary/aromatic N) is 3. The predicted molar refractivity (Wildman–Crippen MR) is 129 cm³/mol. The lowest BCUT2D eigenvalue weighted by atomic mass is 10.2. The second-order valence-corrected chi connectivity index (χ2v) is 10.3. The first-order valence-corrected chi connectivity index (χ1v) is 13.2. The lowest BCUT2D eigenvalue weighted by Crippen LogP contribution is -2.18. The molecule has 8 nitrogen and oxygen atoms in total. The van der Waals surface area contributed by atoms with E-state index in [9.17, 15) is 13.2 Å². The first-order chi connectivity index (χ1) is 15.3. The number of aromatic nitrogens is 2. The Hall–Kier alpha value is -2.56. The van der Waals surface area contributed by atoms with E-state index < -0.39 is 10.0 Å². The summed E-state index contributed by atoms with van der Waals surface area (Å²) in [7, 11) is -3.80. The number of carbonyl (C=O) groups excluding carboxylic acids is 1. The number of benzene rings is 2. The third-order valence-corrected chi connectivity index (χ3v) is 7.30. The van der Waals surface area contributed by atoms with Crippen molar-refractivity contribution in [2.75, 3.05) is 29.1 Å². The van der Waals surface area contributed by atoms with Crippen LogP contribution in [0.15, 0.2) is 52.5 Å². The molecule has 10 heteroatoms. The van der Waals surface area contributed by atoms with Gasteiger partial charge in [-0.25, -0.2) is 18.5 Å². The summed E-state index contributed by atoms with van der Waals surface area (Å²) in [5, 5.41) is 8.85. The topological polar surface area (TPSA) is 110 Å². The van der Waals surface area contributed by atoms with Crippen LogP contribution in [0.5, 0.6) is 0 Å². The van der Waals surface area contributed by atoms with E-state index in [1.807, 2.05) is 28.8 Å². The van der Waals surface area contributed by atoms with Crippen LogP contribution in [-0.2, 0) is 21.4 Å². The van der Waals surface area contributed by atoms with Crippen LogP contribution in [0.3, 0.4) is 0 Å². The number of amides is 1. The monoisotopic (exact) mass is 473 g/mol. The largest absolute Gasteiger partial charge is 0.372 e. The van der Waals surface area contributed by atoms with Crippen molar-refractivity contribution in [3.63, 3.8) is 0 Å². The average Bonchev–Trinajstić information content (AvgIpc) is 3.41. The maximum atomic E-state index is 12.5. The van der Waals surface area contributed by atoms with Gasteiger partial charge in [-0.1, -0.05) is 18.7 Å². The molecule has 0 bridgehead atoms. The van der Waals surface area contributed by atoms with Gasteiger partial charge in [-0.2, -0.15) is 0 Å². The Balaban J connectivity index is 1.44. The van der Waals surface area contributed by atoms with E-state index in [0.717, 1.165) is 30.7 Å². The molecular formula is C22H27N5O3S2. The van der Waals surface area contributed by atoms with Crippen LogP contribution in [0.4, 0.5) is 11.4 Å². The van der Waals surface area contributed by atoms with E-state index in [-0.39, 0.29) is 16.6 Å². The number of fused-ring (bicyclic) bond motifs is 1. The van der Waals surface area contributed by atoms with E-state index in [4.69, 9.17) is 5.14 Å². The van der Waals surface area contributed by atoms with Crippen LogP contribution >= 0.6 is 11.8 Å². The highest BCUT2D eigenvalue weighted by atomic mass is 32.2. The predicted octanol–water partition coefficient (Wildman–Crippen LogP) is 3.42. The van der Waals surface area contributed by atoms with Gasteiger partial charge >= 0.3 is 0 Å². The minimum absolute atomic E-state index is 0.0258. The third kappa shape index (κ3) is 5.08. The molecule has 0 aliphatic carbocycles. The van der Waals surface area contributed by atoms with E-state index in [1.165, 1.54) is 42.4 Å². The second kappa shape index (κ2) is 9.51. The summed E-state index contributed by atoms with van der Waals surface area (Å²) < 4.78 is 25.3. The van der Waals surface area contributed by atoms with Crippen LogP contribution in [0.1, 0.15) is 26.2 Å². The Kier molecular flexibility index (Phi) is 6.73. The summed E-state index contributed by atoms with van der Waals surface area (Å²) in [6.07, 6.45) is 3.33. The Morgan fingerprint density at radius 3 is 2.53 bits per heavy atom. The van der Waals surface area contributed by atoms with Gasteiger partial charge in [-0.15, -0.1) is 0 Å². The van der Waals surface area contributed by atoms with Gasteiger partial charge in [0, 0.05) is 31.0 Å². The van der Waals surface area contributed by atoms with Crippen molar-refractivity contribution in [2.24, 2.45) is 5.14 Å². The maximum absolute atomic E-state index is 12.5. The van der Waals surface area contributed by atoms with Crippen LogP contribution in [-0.4, -0.2) is 42.7 Å².